The van der Waals surface area contributed by atoms with Crippen molar-refractivity contribution in [2.45, 2.75) is 26.9 Å². The Balaban J connectivity index is 1.43. The van der Waals surface area contributed by atoms with Crippen LogP contribution in [-0.2, 0) is 13.1 Å². The van der Waals surface area contributed by atoms with E-state index in [0.717, 1.165) is 17.0 Å². The van der Waals surface area contributed by atoms with E-state index in [0.29, 0.717) is 24.5 Å². The molecule has 28 heavy (non-hydrogen) atoms. The van der Waals surface area contributed by atoms with Crippen LogP contribution in [0.2, 0.25) is 0 Å². The number of carbonyl (C=O) groups excluding carboxylic acids is 1. The summed E-state index contributed by atoms with van der Waals surface area (Å²) in [6.07, 6.45) is 3.55. The van der Waals surface area contributed by atoms with E-state index in [-0.39, 0.29) is 11.7 Å². The molecule has 7 nitrogen and oxygen atoms in total. The van der Waals surface area contributed by atoms with Crippen LogP contribution in [0.25, 0.3) is 0 Å². The fraction of sp³-hybridized carbons (Fsp3) is 0.190. The molecule has 4 rings (SSSR count). The normalized spacial score (nSPS) is 10.9. The monoisotopic (exact) mass is 375 g/mol. The summed E-state index contributed by atoms with van der Waals surface area (Å²) in [4.78, 5) is 12.5. The number of anilines is 1. The molecule has 0 atom stereocenters. The topological polar surface area (TPSA) is 77.9 Å². The molecule has 1 aromatic carbocycles. The highest BCUT2D eigenvalue weighted by Gasteiger charge is 2.12. The van der Waals surface area contributed by atoms with Crippen LogP contribution >= 0.6 is 0 Å². The first-order valence-electron chi connectivity index (χ1n) is 9.04. The molecule has 4 aromatic rings. The maximum Gasteiger partial charge on any atom is 0.291 e. The molecule has 0 unspecified atom stereocenters. The third kappa shape index (κ3) is 4.03. The van der Waals surface area contributed by atoms with E-state index in [1.54, 1.807) is 23.0 Å². The van der Waals surface area contributed by atoms with Gasteiger partial charge in [-0.2, -0.15) is 10.2 Å². The van der Waals surface area contributed by atoms with E-state index in [9.17, 15) is 4.79 Å². The van der Waals surface area contributed by atoms with Crippen molar-refractivity contribution < 1.29 is 9.21 Å². The van der Waals surface area contributed by atoms with E-state index in [4.69, 9.17) is 4.42 Å². The van der Waals surface area contributed by atoms with E-state index < -0.39 is 0 Å². The zero-order valence-electron chi connectivity index (χ0n) is 15.8. The Morgan fingerprint density at radius 3 is 2.75 bits per heavy atom. The highest BCUT2D eigenvalue weighted by Crippen LogP contribution is 2.16. The molecular weight excluding hydrogens is 354 g/mol. The number of nitrogens with zero attached hydrogens (tertiary/aromatic N) is 4. The van der Waals surface area contributed by atoms with Gasteiger partial charge in [0.05, 0.1) is 18.8 Å². The SMILES string of the molecule is Cc1cc(C)n(Cc2cccc(NC(=O)c3ccc(Cn4cccn4)o3)c2)n1. The molecule has 142 valence electrons. The Bertz CT molecular complexity index is 1090. The molecular formula is C21H21N5O2. The second-order valence-electron chi connectivity index (χ2n) is 6.71. The highest BCUT2D eigenvalue weighted by atomic mass is 16.4. The minimum atomic E-state index is -0.282. The summed E-state index contributed by atoms with van der Waals surface area (Å²) in [5.41, 5.74) is 3.87. The number of rotatable bonds is 6. The molecule has 0 aliphatic rings. The maximum atomic E-state index is 12.5. The molecule has 0 bridgehead atoms. The van der Waals surface area contributed by atoms with Crippen molar-refractivity contribution in [3.8, 4) is 0 Å². The zero-order chi connectivity index (χ0) is 19.5. The first kappa shape index (κ1) is 17.8. The van der Waals surface area contributed by atoms with Gasteiger partial charge in [0, 0.05) is 23.8 Å². The van der Waals surface area contributed by atoms with E-state index >= 15 is 0 Å². The number of aromatic nitrogens is 4. The summed E-state index contributed by atoms with van der Waals surface area (Å²) in [7, 11) is 0. The number of nitrogens with one attached hydrogen (secondary N) is 1. The van der Waals surface area contributed by atoms with Crippen LogP contribution in [0.15, 0.2) is 65.3 Å². The largest absolute Gasteiger partial charge is 0.454 e. The molecule has 1 amide bonds. The van der Waals surface area contributed by atoms with Gasteiger partial charge in [-0.05, 0) is 55.8 Å². The first-order valence-corrected chi connectivity index (χ1v) is 9.04. The van der Waals surface area contributed by atoms with Crippen molar-refractivity contribution >= 4 is 11.6 Å². The molecule has 0 spiro atoms. The quantitative estimate of drug-likeness (QED) is 0.558. The lowest BCUT2D eigenvalue weighted by molar-refractivity contribution is 0.0994. The number of carbonyl (C=O) groups is 1. The molecule has 3 aromatic heterocycles. The zero-order valence-corrected chi connectivity index (χ0v) is 15.8. The minimum Gasteiger partial charge on any atom is -0.454 e. The molecule has 0 radical (unpaired) electrons. The van der Waals surface area contributed by atoms with Gasteiger partial charge in [-0.25, -0.2) is 0 Å². The van der Waals surface area contributed by atoms with Gasteiger partial charge in [-0.3, -0.25) is 14.2 Å². The number of furan rings is 1. The van der Waals surface area contributed by atoms with Crippen LogP contribution in [0, 0.1) is 13.8 Å². The molecule has 0 fully saturated rings. The average Bonchev–Trinajstić information content (AvgIpc) is 3.39. The Labute approximate surface area is 162 Å². The molecule has 0 saturated carbocycles. The van der Waals surface area contributed by atoms with Crippen molar-refractivity contribution in [2.24, 2.45) is 0 Å². The molecule has 3 heterocycles. The van der Waals surface area contributed by atoms with Gasteiger partial charge < -0.3 is 9.73 Å². The van der Waals surface area contributed by atoms with E-state index in [1.807, 2.05) is 61.1 Å². The van der Waals surface area contributed by atoms with Crippen molar-refractivity contribution in [3.05, 3.63) is 89.4 Å². The smallest absolute Gasteiger partial charge is 0.291 e. The van der Waals surface area contributed by atoms with Crippen LogP contribution in [0.4, 0.5) is 5.69 Å². The van der Waals surface area contributed by atoms with E-state index in [2.05, 4.69) is 15.5 Å². The summed E-state index contributed by atoms with van der Waals surface area (Å²) >= 11 is 0. The lowest BCUT2D eigenvalue weighted by Crippen LogP contribution is -2.11. The Morgan fingerprint density at radius 2 is 2.00 bits per heavy atom. The van der Waals surface area contributed by atoms with E-state index in [1.165, 1.54) is 0 Å². The van der Waals surface area contributed by atoms with Crippen molar-refractivity contribution in [3.63, 3.8) is 0 Å². The second kappa shape index (κ2) is 7.56. The minimum absolute atomic E-state index is 0.270. The summed E-state index contributed by atoms with van der Waals surface area (Å²) in [6, 6.07) is 15.1. The lowest BCUT2D eigenvalue weighted by Gasteiger charge is -2.08. The predicted octanol–water partition coefficient (Wildman–Crippen LogP) is 3.64. The maximum absolute atomic E-state index is 12.5. The highest BCUT2D eigenvalue weighted by molar-refractivity contribution is 6.02. The van der Waals surface area contributed by atoms with Crippen LogP contribution < -0.4 is 5.32 Å². The van der Waals surface area contributed by atoms with Gasteiger partial charge in [0.25, 0.3) is 5.91 Å². The number of hydrogen-bond donors (Lipinski definition) is 1. The molecule has 7 heteroatoms. The molecule has 0 aliphatic carbocycles. The number of amides is 1. The molecule has 0 aliphatic heterocycles. The standard InChI is InChI=1S/C21H21N5O2/c1-15-11-16(2)26(24-15)13-17-5-3-6-18(12-17)23-21(27)20-8-7-19(28-20)14-25-10-4-9-22-25/h3-12H,13-14H2,1-2H3,(H,23,27). The summed E-state index contributed by atoms with van der Waals surface area (Å²) in [6.45, 7) is 5.14. The van der Waals surface area contributed by atoms with Crippen molar-refractivity contribution in [1.29, 1.82) is 0 Å². The third-order valence-electron chi connectivity index (χ3n) is 4.38. The summed E-state index contributed by atoms with van der Waals surface area (Å²) in [5.74, 6) is 0.660. The van der Waals surface area contributed by atoms with Gasteiger partial charge >= 0.3 is 0 Å². The van der Waals surface area contributed by atoms with Gasteiger partial charge in [0.1, 0.15) is 5.76 Å². The first-order chi connectivity index (χ1) is 13.6. The second-order valence-corrected chi connectivity index (χ2v) is 6.71. The van der Waals surface area contributed by atoms with Gasteiger partial charge in [-0.15, -0.1) is 0 Å². The number of aryl methyl sites for hydroxylation is 2. The number of hydrogen-bond acceptors (Lipinski definition) is 4. The fourth-order valence-corrected chi connectivity index (χ4v) is 3.09. The number of benzene rings is 1. The van der Waals surface area contributed by atoms with Crippen LogP contribution in [0.1, 0.15) is 33.3 Å². The summed E-state index contributed by atoms with van der Waals surface area (Å²) < 4.78 is 9.34. The van der Waals surface area contributed by atoms with Crippen molar-refractivity contribution in [1.82, 2.24) is 19.6 Å². The Hall–Kier alpha value is -3.61. The van der Waals surface area contributed by atoms with Crippen LogP contribution in [-0.4, -0.2) is 25.5 Å². The Kier molecular flexibility index (Phi) is 4.80. The Morgan fingerprint density at radius 1 is 1.11 bits per heavy atom. The molecule has 0 saturated heterocycles. The fourth-order valence-electron chi connectivity index (χ4n) is 3.09. The average molecular weight is 375 g/mol. The van der Waals surface area contributed by atoms with Gasteiger partial charge in [0.15, 0.2) is 5.76 Å². The van der Waals surface area contributed by atoms with Crippen molar-refractivity contribution in [2.75, 3.05) is 5.32 Å². The van der Waals surface area contributed by atoms with Gasteiger partial charge in [0.2, 0.25) is 0 Å². The lowest BCUT2D eigenvalue weighted by atomic mass is 10.2. The van der Waals surface area contributed by atoms with Crippen LogP contribution in [0.5, 0.6) is 0 Å². The third-order valence-corrected chi connectivity index (χ3v) is 4.38. The molecule has 1 N–H and O–H groups in total. The summed E-state index contributed by atoms with van der Waals surface area (Å²) in [5, 5.41) is 11.5. The van der Waals surface area contributed by atoms with Gasteiger partial charge in [-0.1, -0.05) is 12.1 Å². The van der Waals surface area contributed by atoms with Crippen LogP contribution in [0.3, 0.4) is 0 Å². The predicted molar refractivity (Wildman–Crippen MR) is 105 cm³/mol.